The third-order valence-electron chi connectivity index (χ3n) is 6.24. The average Bonchev–Trinajstić information content (AvgIpc) is 3.56. The van der Waals surface area contributed by atoms with Gasteiger partial charge in [0.1, 0.15) is 5.76 Å². The molecule has 0 spiro atoms. The van der Waals surface area contributed by atoms with Crippen LogP contribution in [-0.4, -0.2) is 42.0 Å². The van der Waals surface area contributed by atoms with Crippen LogP contribution in [0.15, 0.2) is 64.6 Å². The van der Waals surface area contributed by atoms with E-state index >= 15 is 0 Å². The van der Waals surface area contributed by atoms with Gasteiger partial charge in [0.05, 0.1) is 18.3 Å². The van der Waals surface area contributed by atoms with Crippen molar-refractivity contribution in [2.24, 2.45) is 0 Å². The van der Waals surface area contributed by atoms with Crippen LogP contribution in [0, 0.1) is 0 Å². The molecule has 30 heavy (non-hydrogen) atoms. The second kappa shape index (κ2) is 8.66. The maximum Gasteiger partial charge on any atom is 0.318 e. The van der Waals surface area contributed by atoms with Gasteiger partial charge in [-0.2, -0.15) is 0 Å². The summed E-state index contributed by atoms with van der Waals surface area (Å²) in [6.07, 6.45) is 5.04. The van der Waals surface area contributed by atoms with Crippen molar-refractivity contribution < 1.29 is 9.21 Å². The van der Waals surface area contributed by atoms with Crippen molar-refractivity contribution in [2.75, 3.05) is 26.2 Å². The summed E-state index contributed by atoms with van der Waals surface area (Å²) in [4.78, 5) is 19.2. The minimum Gasteiger partial charge on any atom is -0.468 e. The fraction of sp³-hybridized carbons (Fsp3) is 0.375. The number of fused-ring (bicyclic) bond motifs is 1. The van der Waals surface area contributed by atoms with E-state index in [1.165, 1.54) is 23.3 Å². The minimum absolute atomic E-state index is 0.00328. The van der Waals surface area contributed by atoms with Crippen molar-refractivity contribution in [3.63, 3.8) is 0 Å². The van der Waals surface area contributed by atoms with Crippen LogP contribution in [0.4, 0.5) is 4.79 Å². The van der Waals surface area contributed by atoms with Gasteiger partial charge in [-0.25, -0.2) is 4.79 Å². The summed E-state index contributed by atoms with van der Waals surface area (Å²) in [5.41, 5.74) is 2.42. The molecular weight excluding hydrogens is 394 g/mol. The number of furan rings is 1. The van der Waals surface area contributed by atoms with Crippen LogP contribution >= 0.6 is 11.3 Å². The zero-order chi connectivity index (χ0) is 20.3. The summed E-state index contributed by atoms with van der Waals surface area (Å²) >= 11 is 1.79. The van der Waals surface area contributed by atoms with Gasteiger partial charge in [0.2, 0.25) is 0 Å². The molecule has 1 aromatic carbocycles. The lowest BCUT2D eigenvalue weighted by Gasteiger charge is -2.37. The molecule has 4 heterocycles. The molecule has 2 aromatic heterocycles. The zero-order valence-corrected chi connectivity index (χ0v) is 17.8. The maximum atomic E-state index is 13.4. The molecule has 0 radical (unpaired) electrons. The van der Waals surface area contributed by atoms with Crippen molar-refractivity contribution >= 4 is 17.4 Å². The highest BCUT2D eigenvalue weighted by Gasteiger charge is 2.33. The minimum atomic E-state index is -0.0324. The highest BCUT2D eigenvalue weighted by Crippen LogP contribution is 2.37. The highest BCUT2D eigenvalue weighted by atomic mass is 32.1. The van der Waals surface area contributed by atoms with Crippen molar-refractivity contribution in [2.45, 2.75) is 31.3 Å². The Morgan fingerprint density at radius 1 is 1.10 bits per heavy atom. The monoisotopic (exact) mass is 421 g/mol. The lowest BCUT2D eigenvalue weighted by atomic mass is 9.93. The molecule has 5 nitrogen and oxygen atoms in total. The fourth-order valence-electron chi connectivity index (χ4n) is 4.76. The van der Waals surface area contributed by atoms with E-state index in [9.17, 15) is 4.79 Å². The van der Waals surface area contributed by atoms with E-state index in [1.54, 1.807) is 17.6 Å². The number of carbonyl (C=O) groups excluding carboxylic acids is 1. The van der Waals surface area contributed by atoms with E-state index in [4.69, 9.17) is 4.42 Å². The molecule has 2 amide bonds. The Kier molecular flexibility index (Phi) is 5.60. The summed E-state index contributed by atoms with van der Waals surface area (Å²) in [6.45, 7) is 3.39. The number of carbonyl (C=O) groups is 1. The normalized spacial score (nSPS) is 20.1. The van der Waals surface area contributed by atoms with Crippen molar-refractivity contribution in [3.8, 4) is 0 Å². The SMILES string of the molecule is O=C(NC[C@H](c1ccco1)N1CCCC1)N1CCc2sccc2[C@@H]1c1ccccc1. The van der Waals surface area contributed by atoms with Crippen molar-refractivity contribution in [1.82, 2.24) is 15.1 Å². The zero-order valence-electron chi connectivity index (χ0n) is 17.0. The van der Waals surface area contributed by atoms with Crippen molar-refractivity contribution in [3.05, 3.63) is 81.9 Å². The van der Waals surface area contributed by atoms with E-state index in [0.717, 1.165) is 37.4 Å². The topological polar surface area (TPSA) is 48.7 Å². The molecule has 6 heteroatoms. The molecule has 5 rings (SSSR count). The Balaban J connectivity index is 1.35. The number of thiophene rings is 1. The number of likely N-dealkylation sites (tertiary alicyclic amines) is 1. The standard InChI is InChI=1S/C24H27N3O2S/c28-24(25-17-20(21-9-6-15-29-21)26-12-4-5-13-26)27-14-10-22-19(11-16-30-22)23(27)18-7-2-1-3-8-18/h1-3,6-9,11,15-16,20,23H,4-5,10,12-14,17H2,(H,25,28)/t20-,23+/m1/s1. The van der Waals surface area contributed by atoms with Crippen LogP contribution in [0.25, 0.3) is 0 Å². The number of hydrogen-bond donors (Lipinski definition) is 1. The van der Waals surface area contributed by atoms with Crippen LogP contribution in [-0.2, 0) is 6.42 Å². The van der Waals surface area contributed by atoms with E-state index in [2.05, 4.69) is 33.8 Å². The predicted molar refractivity (Wildman–Crippen MR) is 119 cm³/mol. The van der Waals surface area contributed by atoms with Crippen molar-refractivity contribution in [1.29, 1.82) is 0 Å². The van der Waals surface area contributed by atoms with Crippen LogP contribution < -0.4 is 5.32 Å². The van der Waals surface area contributed by atoms with Crippen LogP contribution in [0.3, 0.4) is 0 Å². The molecule has 1 fully saturated rings. The molecule has 1 N–H and O–H groups in total. The van der Waals surface area contributed by atoms with Gasteiger partial charge in [0.15, 0.2) is 0 Å². The first-order valence-corrected chi connectivity index (χ1v) is 11.6. The molecular formula is C24H27N3O2S. The average molecular weight is 422 g/mol. The number of rotatable bonds is 5. The van der Waals surface area contributed by atoms with Gasteiger partial charge in [0, 0.05) is 18.0 Å². The summed E-state index contributed by atoms with van der Waals surface area (Å²) in [5.74, 6) is 0.926. The smallest absolute Gasteiger partial charge is 0.318 e. The van der Waals surface area contributed by atoms with E-state index in [-0.39, 0.29) is 18.1 Å². The number of nitrogens with zero attached hydrogens (tertiary/aromatic N) is 2. The van der Waals surface area contributed by atoms with Gasteiger partial charge < -0.3 is 14.6 Å². The third-order valence-corrected chi connectivity index (χ3v) is 7.24. The first kappa shape index (κ1) is 19.4. The molecule has 3 aromatic rings. The molecule has 0 unspecified atom stereocenters. The highest BCUT2D eigenvalue weighted by molar-refractivity contribution is 7.10. The second-order valence-corrected chi connectivity index (χ2v) is 9.02. The molecule has 0 bridgehead atoms. The Hall–Kier alpha value is -2.57. The summed E-state index contributed by atoms with van der Waals surface area (Å²) in [7, 11) is 0. The number of urea groups is 1. The van der Waals surface area contributed by atoms with E-state index in [0.29, 0.717) is 6.54 Å². The second-order valence-electron chi connectivity index (χ2n) is 8.02. The molecule has 0 saturated carbocycles. The van der Waals surface area contributed by atoms with Gasteiger partial charge in [-0.15, -0.1) is 11.3 Å². The lowest BCUT2D eigenvalue weighted by Crippen LogP contribution is -2.47. The van der Waals surface area contributed by atoms with Crippen LogP contribution in [0.5, 0.6) is 0 Å². The van der Waals surface area contributed by atoms with Crippen LogP contribution in [0.2, 0.25) is 0 Å². The van der Waals surface area contributed by atoms with E-state index < -0.39 is 0 Å². The van der Waals surface area contributed by atoms with E-state index in [1.807, 2.05) is 35.2 Å². The summed E-state index contributed by atoms with van der Waals surface area (Å²) in [5, 5.41) is 5.37. The van der Waals surface area contributed by atoms with Gasteiger partial charge in [-0.3, -0.25) is 4.90 Å². The quantitative estimate of drug-likeness (QED) is 0.642. The molecule has 2 aliphatic rings. The Morgan fingerprint density at radius 2 is 1.93 bits per heavy atom. The van der Waals surface area contributed by atoms with Crippen LogP contribution in [0.1, 0.15) is 46.7 Å². The molecule has 0 aliphatic carbocycles. The maximum absolute atomic E-state index is 13.4. The number of amides is 2. The molecule has 156 valence electrons. The summed E-state index contributed by atoms with van der Waals surface area (Å²) in [6, 6.07) is 16.5. The number of benzene rings is 1. The Morgan fingerprint density at radius 3 is 2.70 bits per heavy atom. The fourth-order valence-corrected chi connectivity index (χ4v) is 5.66. The van der Waals surface area contributed by atoms with Gasteiger partial charge >= 0.3 is 6.03 Å². The largest absolute Gasteiger partial charge is 0.468 e. The van der Waals surface area contributed by atoms with Gasteiger partial charge in [-0.1, -0.05) is 30.3 Å². The third kappa shape index (κ3) is 3.77. The molecule has 2 atom stereocenters. The molecule has 1 saturated heterocycles. The number of nitrogens with one attached hydrogen (secondary N) is 1. The first-order valence-electron chi connectivity index (χ1n) is 10.7. The van der Waals surface area contributed by atoms with Gasteiger partial charge in [0.25, 0.3) is 0 Å². The van der Waals surface area contributed by atoms with Gasteiger partial charge in [-0.05, 0) is 67.1 Å². The summed E-state index contributed by atoms with van der Waals surface area (Å²) < 4.78 is 5.71. The number of hydrogen-bond acceptors (Lipinski definition) is 4. The Labute approximate surface area is 181 Å². The molecule has 2 aliphatic heterocycles. The predicted octanol–water partition coefficient (Wildman–Crippen LogP) is 4.84. The lowest BCUT2D eigenvalue weighted by molar-refractivity contribution is 0.169. The first-order chi connectivity index (χ1) is 14.8. The Bertz CT molecular complexity index is 964.